The van der Waals surface area contributed by atoms with Gasteiger partial charge in [-0.1, -0.05) is 5.70 Å². The van der Waals surface area contributed by atoms with Crippen molar-refractivity contribution in [2.45, 2.75) is 11.9 Å². The van der Waals surface area contributed by atoms with Gasteiger partial charge < -0.3 is 0 Å². The SMILES string of the molecule is C=C[Si](Cl)(Cl)C(C)Cl. The molecule has 0 N–H and O–H groups in total. The molecule has 1 unspecified atom stereocenters. The number of rotatable bonds is 2. The first kappa shape index (κ1) is 8.83. The maximum atomic E-state index is 5.71. The van der Waals surface area contributed by atoms with E-state index in [4.69, 9.17) is 33.8 Å². The molecule has 8 heavy (non-hydrogen) atoms. The number of alkyl halides is 1. The van der Waals surface area contributed by atoms with Crippen molar-refractivity contribution in [3.8, 4) is 0 Å². The third-order valence-electron chi connectivity index (χ3n) is 0.803. The largest absolute Gasteiger partial charge is 0.290 e. The summed E-state index contributed by atoms with van der Waals surface area (Å²) in [5.74, 6) is 0. The number of halogens is 3. The molecule has 0 aromatic carbocycles. The Hall–Kier alpha value is 0.827. The Kier molecular flexibility index (Phi) is 3.43. The Morgan fingerprint density at radius 2 is 2.00 bits per heavy atom. The highest BCUT2D eigenvalue weighted by Crippen LogP contribution is 2.23. The highest BCUT2D eigenvalue weighted by molar-refractivity contribution is 7.49. The molecule has 0 rings (SSSR count). The highest BCUT2D eigenvalue weighted by atomic mass is 35.7. The van der Waals surface area contributed by atoms with E-state index in [1.807, 2.05) is 0 Å². The standard InChI is InChI=1S/C4H7Cl3Si/c1-3-8(6,7)4(2)5/h3-4H,1H2,2H3. The molecule has 0 aromatic rings. The van der Waals surface area contributed by atoms with Gasteiger partial charge in [0.2, 0.25) is 0 Å². The number of hydrogen-bond acceptors (Lipinski definition) is 0. The van der Waals surface area contributed by atoms with Crippen molar-refractivity contribution in [2.24, 2.45) is 0 Å². The van der Waals surface area contributed by atoms with E-state index in [1.165, 1.54) is 0 Å². The third kappa shape index (κ3) is 2.40. The van der Waals surface area contributed by atoms with Crippen LogP contribution in [0.4, 0.5) is 0 Å². The van der Waals surface area contributed by atoms with E-state index < -0.39 is 6.69 Å². The summed E-state index contributed by atoms with van der Waals surface area (Å²) in [6, 6.07) is 0. The van der Waals surface area contributed by atoms with Crippen molar-refractivity contribution >= 4 is 40.5 Å². The third-order valence-corrected chi connectivity index (χ3v) is 7.00. The zero-order chi connectivity index (χ0) is 6.78. The van der Waals surface area contributed by atoms with Crippen molar-refractivity contribution < 1.29 is 0 Å². The van der Waals surface area contributed by atoms with E-state index in [1.54, 1.807) is 12.6 Å². The molecule has 4 heteroatoms. The van der Waals surface area contributed by atoms with Gasteiger partial charge in [-0.25, -0.2) is 0 Å². The second kappa shape index (κ2) is 3.11. The van der Waals surface area contributed by atoms with Crippen molar-refractivity contribution in [1.29, 1.82) is 0 Å². The molecule has 0 aliphatic rings. The van der Waals surface area contributed by atoms with E-state index in [0.717, 1.165) is 0 Å². The first-order valence-corrected chi connectivity index (χ1v) is 6.77. The van der Waals surface area contributed by atoms with Crippen molar-refractivity contribution in [3.05, 3.63) is 12.3 Å². The van der Waals surface area contributed by atoms with Crippen LogP contribution in [0, 0.1) is 0 Å². The zero-order valence-electron chi connectivity index (χ0n) is 4.50. The highest BCUT2D eigenvalue weighted by Gasteiger charge is 2.30. The second-order valence-electron chi connectivity index (χ2n) is 1.49. The van der Waals surface area contributed by atoms with Crippen LogP contribution in [0.25, 0.3) is 0 Å². The van der Waals surface area contributed by atoms with E-state index >= 15 is 0 Å². The van der Waals surface area contributed by atoms with Crippen LogP contribution in [0.3, 0.4) is 0 Å². The quantitative estimate of drug-likeness (QED) is 0.356. The van der Waals surface area contributed by atoms with E-state index in [0.29, 0.717) is 0 Å². The minimum absolute atomic E-state index is 0.164. The summed E-state index contributed by atoms with van der Waals surface area (Å²) in [7, 11) is 0. The molecule has 0 nitrogen and oxygen atoms in total. The lowest BCUT2D eigenvalue weighted by Gasteiger charge is -2.12. The van der Waals surface area contributed by atoms with E-state index in [2.05, 4.69) is 6.58 Å². The topological polar surface area (TPSA) is 0 Å². The molecule has 0 amide bonds. The minimum atomic E-state index is -2.28. The van der Waals surface area contributed by atoms with Gasteiger partial charge in [-0.05, 0) is 6.92 Å². The lowest BCUT2D eigenvalue weighted by molar-refractivity contribution is 1.35. The van der Waals surface area contributed by atoms with Gasteiger partial charge in [-0.15, -0.1) is 40.3 Å². The summed E-state index contributed by atoms with van der Waals surface area (Å²) in [5, 5.41) is -0.164. The summed E-state index contributed by atoms with van der Waals surface area (Å²) in [5.41, 5.74) is 1.55. The van der Waals surface area contributed by atoms with Gasteiger partial charge in [0.15, 0.2) is 0 Å². The Bertz CT molecular complexity index is 89.3. The van der Waals surface area contributed by atoms with Crippen LogP contribution in [-0.2, 0) is 0 Å². The maximum absolute atomic E-state index is 5.71. The lowest BCUT2D eigenvalue weighted by Crippen LogP contribution is -2.27. The fraction of sp³-hybridized carbons (Fsp3) is 0.500. The fourth-order valence-corrected chi connectivity index (χ4v) is 0.754. The van der Waals surface area contributed by atoms with E-state index in [9.17, 15) is 0 Å². The Morgan fingerprint density at radius 1 is 1.62 bits per heavy atom. The van der Waals surface area contributed by atoms with Crippen LogP contribution in [0.1, 0.15) is 6.92 Å². The molecule has 0 saturated heterocycles. The predicted octanol–water partition coefficient (Wildman–Crippen LogP) is 2.80. The molecule has 0 radical (unpaired) electrons. The molecule has 1 atom stereocenters. The molecule has 0 aromatic heterocycles. The van der Waals surface area contributed by atoms with Crippen molar-refractivity contribution in [3.63, 3.8) is 0 Å². The Balaban J connectivity index is 3.90. The van der Waals surface area contributed by atoms with Crippen LogP contribution in [0.2, 0.25) is 0 Å². The summed E-state index contributed by atoms with van der Waals surface area (Å²) in [6.45, 7) is 2.96. The smallest absolute Gasteiger partial charge is 0.139 e. The molecular weight excluding hydrogens is 182 g/mol. The van der Waals surface area contributed by atoms with Gasteiger partial charge in [-0.2, -0.15) is 0 Å². The molecular formula is C4H7Cl3Si. The molecule has 0 aliphatic carbocycles. The molecule has 0 saturated carbocycles. The monoisotopic (exact) mass is 188 g/mol. The van der Waals surface area contributed by atoms with Gasteiger partial charge in [0.05, 0.1) is 5.00 Å². The van der Waals surface area contributed by atoms with Crippen LogP contribution < -0.4 is 0 Å². The van der Waals surface area contributed by atoms with Gasteiger partial charge >= 0.3 is 0 Å². The first-order chi connectivity index (χ1) is 3.50. The minimum Gasteiger partial charge on any atom is -0.139 e. The molecule has 0 bridgehead atoms. The normalized spacial score (nSPS) is 15.5. The summed E-state index contributed by atoms with van der Waals surface area (Å²) in [4.78, 5) is 0. The van der Waals surface area contributed by atoms with Gasteiger partial charge in [0.25, 0.3) is 6.69 Å². The average molecular weight is 190 g/mol. The molecule has 0 spiro atoms. The van der Waals surface area contributed by atoms with Crippen LogP contribution in [0.5, 0.6) is 0 Å². The Morgan fingerprint density at radius 3 is 2.00 bits per heavy atom. The molecule has 0 heterocycles. The van der Waals surface area contributed by atoms with Gasteiger partial charge in [0.1, 0.15) is 0 Å². The van der Waals surface area contributed by atoms with Crippen molar-refractivity contribution in [1.82, 2.24) is 0 Å². The molecule has 0 fully saturated rings. The lowest BCUT2D eigenvalue weighted by atomic mass is 11.0. The maximum Gasteiger partial charge on any atom is 0.290 e. The van der Waals surface area contributed by atoms with Crippen molar-refractivity contribution in [2.75, 3.05) is 0 Å². The predicted molar refractivity (Wildman–Crippen MR) is 43.0 cm³/mol. The van der Waals surface area contributed by atoms with Crippen LogP contribution >= 0.6 is 33.8 Å². The summed E-state index contributed by atoms with van der Waals surface area (Å²) in [6.07, 6.45) is 0. The summed E-state index contributed by atoms with van der Waals surface area (Å²) < 4.78 is 0. The van der Waals surface area contributed by atoms with Crippen LogP contribution in [0.15, 0.2) is 12.3 Å². The average Bonchev–Trinajstić information content (AvgIpc) is 1.67. The first-order valence-electron chi connectivity index (χ1n) is 2.16. The second-order valence-corrected chi connectivity index (χ2v) is 9.47. The van der Waals surface area contributed by atoms with Gasteiger partial charge in [-0.3, -0.25) is 0 Å². The molecule has 0 aliphatic heterocycles. The van der Waals surface area contributed by atoms with E-state index in [-0.39, 0.29) is 5.00 Å². The molecule has 48 valence electrons. The summed E-state index contributed by atoms with van der Waals surface area (Å²) >= 11 is 17.0. The van der Waals surface area contributed by atoms with Crippen LogP contribution in [-0.4, -0.2) is 11.7 Å². The fourth-order valence-electron chi connectivity index (χ4n) is 0.162. The zero-order valence-corrected chi connectivity index (χ0v) is 7.76. The Labute approximate surface area is 64.8 Å². The van der Waals surface area contributed by atoms with Gasteiger partial charge in [0, 0.05) is 0 Å². The number of hydrogen-bond donors (Lipinski definition) is 0.